The second kappa shape index (κ2) is 8.10. The summed E-state index contributed by atoms with van der Waals surface area (Å²) in [6, 6.07) is 7.00. The molecule has 1 heterocycles. The van der Waals surface area contributed by atoms with E-state index >= 15 is 4.39 Å². The zero-order chi connectivity index (χ0) is 19.7. The third-order valence-electron chi connectivity index (χ3n) is 6.20. The molecule has 1 saturated carbocycles. The van der Waals surface area contributed by atoms with Crippen LogP contribution in [0.15, 0.2) is 28.7 Å². The number of furan rings is 1. The highest BCUT2D eigenvalue weighted by Crippen LogP contribution is 2.38. The van der Waals surface area contributed by atoms with Gasteiger partial charge in [0, 0.05) is 10.8 Å². The lowest BCUT2D eigenvalue weighted by molar-refractivity contribution is 0.321. The summed E-state index contributed by atoms with van der Waals surface area (Å²) in [4.78, 5) is 0. The van der Waals surface area contributed by atoms with E-state index in [1.807, 2.05) is 12.1 Å². The molecular weight excluding hydrogens is 358 g/mol. The van der Waals surface area contributed by atoms with Crippen LogP contribution >= 0.6 is 0 Å². The highest BCUT2D eigenvalue weighted by molar-refractivity contribution is 6.05. The summed E-state index contributed by atoms with van der Waals surface area (Å²) in [5, 5.41) is 1.20. The van der Waals surface area contributed by atoms with Gasteiger partial charge in [0.15, 0.2) is 22.7 Å². The minimum absolute atomic E-state index is 0.0650. The third kappa shape index (κ3) is 3.49. The van der Waals surface area contributed by atoms with Gasteiger partial charge in [-0.15, -0.1) is 0 Å². The van der Waals surface area contributed by atoms with Crippen molar-refractivity contribution in [2.45, 2.75) is 58.8 Å². The molecule has 0 aliphatic heterocycles. The van der Waals surface area contributed by atoms with E-state index in [4.69, 9.17) is 9.15 Å². The van der Waals surface area contributed by atoms with Gasteiger partial charge in [0.05, 0.1) is 6.61 Å². The van der Waals surface area contributed by atoms with Crippen LogP contribution in [-0.4, -0.2) is 6.61 Å². The Morgan fingerprint density at radius 1 is 0.929 bits per heavy atom. The van der Waals surface area contributed by atoms with Crippen LogP contribution < -0.4 is 4.74 Å². The SMILES string of the molecule is CCCC1CCC(CCc2ccc3c(oc4c(F)c(OCC)ccc43)c2F)C1. The quantitative estimate of drug-likeness (QED) is 0.422. The number of hydrogen-bond donors (Lipinski definition) is 0. The van der Waals surface area contributed by atoms with E-state index in [1.54, 1.807) is 19.1 Å². The van der Waals surface area contributed by atoms with Gasteiger partial charge in [-0.05, 0) is 61.8 Å². The van der Waals surface area contributed by atoms with Gasteiger partial charge in [0.2, 0.25) is 5.82 Å². The van der Waals surface area contributed by atoms with E-state index in [9.17, 15) is 4.39 Å². The fourth-order valence-corrected chi connectivity index (χ4v) is 4.79. The molecule has 0 bridgehead atoms. The highest BCUT2D eigenvalue weighted by Gasteiger charge is 2.25. The summed E-state index contributed by atoms with van der Waals surface area (Å²) in [6.07, 6.45) is 8.10. The van der Waals surface area contributed by atoms with Crippen molar-refractivity contribution in [1.29, 1.82) is 0 Å². The lowest BCUT2D eigenvalue weighted by Crippen LogP contribution is -2.00. The normalized spacial score (nSPS) is 19.7. The number of halogens is 2. The third-order valence-corrected chi connectivity index (χ3v) is 6.20. The molecule has 150 valence electrons. The smallest absolute Gasteiger partial charge is 0.208 e. The zero-order valence-electron chi connectivity index (χ0n) is 16.7. The molecule has 0 amide bonds. The van der Waals surface area contributed by atoms with Crippen molar-refractivity contribution in [2.24, 2.45) is 11.8 Å². The summed E-state index contributed by atoms with van der Waals surface area (Å²) in [6.45, 7) is 4.40. The molecule has 1 aliphatic rings. The van der Waals surface area contributed by atoms with Crippen LogP contribution in [0.3, 0.4) is 0 Å². The first-order valence-corrected chi connectivity index (χ1v) is 10.6. The maximum Gasteiger partial charge on any atom is 0.208 e. The Bertz CT molecular complexity index is 976. The van der Waals surface area contributed by atoms with Crippen LogP contribution in [0.2, 0.25) is 0 Å². The van der Waals surface area contributed by atoms with E-state index in [2.05, 4.69) is 6.92 Å². The largest absolute Gasteiger partial charge is 0.491 e. The Kier molecular flexibility index (Phi) is 5.56. The summed E-state index contributed by atoms with van der Waals surface area (Å²) in [7, 11) is 0. The average Bonchev–Trinajstić information content (AvgIpc) is 3.29. The molecule has 4 rings (SSSR count). The first kappa shape index (κ1) is 19.2. The lowest BCUT2D eigenvalue weighted by atomic mass is 9.95. The van der Waals surface area contributed by atoms with E-state index in [-0.39, 0.29) is 22.7 Å². The summed E-state index contributed by atoms with van der Waals surface area (Å²) in [5.41, 5.74) is 0.876. The summed E-state index contributed by atoms with van der Waals surface area (Å²) in [5.74, 6) is 0.755. The standard InChI is InChI=1S/C24H28F2O2/c1-3-5-15-6-7-16(14-15)8-9-17-10-11-18-19-12-13-20(27-4-2)22(26)24(19)28-23(18)21(17)25/h10-13,15-16H,3-9,14H2,1-2H3. The molecule has 1 fully saturated rings. The number of ether oxygens (including phenoxy) is 1. The Balaban J connectivity index is 1.58. The van der Waals surface area contributed by atoms with Gasteiger partial charge >= 0.3 is 0 Å². The van der Waals surface area contributed by atoms with Crippen molar-refractivity contribution in [3.63, 3.8) is 0 Å². The van der Waals surface area contributed by atoms with Crippen LogP contribution in [0, 0.1) is 23.5 Å². The minimum atomic E-state index is -0.565. The molecule has 2 atom stereocenters. The van der Waals surface area contributed by atoms with Crippen molar-refractivity contribution in [1.82, 2.24) is 0 Å². The molecule has 1 aromatic heterocycles. The Morgan fingerprint density at radius 2 is 1.61 bits per heavy atom. The first-order chi connectivity index (χ1) is 13.6. The van der Waals surface area contributed by atoms with E-state index in [0.29, 0.717) is 35.3 Å². The molecule has 2 nitrogen and oxygen atoms in total. The van der Waals surface area contributed by atoms with Crippen molar-refractivity contribution in [3.8, 4) is 5.75 Å². The van der Waals surface area contributed by atoms with Gasteiger partial charge in [-0.3, -0.25) is 0 Å². The van der Waals surface area contributed by atoms with Crippen molar-refractivity contribution in [2.75, 3.05) is 6.61 Å². The van der Waals surface area contributed by atoms with Crippen molar-refractivity contribution in [3.05, 3.63) is 41.5 Å². The number of rotatable bonds is 7. The Morgan fingerprint density at radius 3 is 2.32 bits per heavy atom. The highest BCUT2D eigenvalue weighted by atomic mass is 19.1. The molecule has 4 heteroatoms. The number of benzene rings is 2. The molecular formula is C24H28F2O2. The lowest BCUT2D eigenvalue weighted by Gasteiger charge is -2.11. The van der Waals surface area contributed by atoms with Gasteiger partial charge in [-0.1, -0.05) is 38.7 Å². The van der Waals surface area contributed by atoms with Gasteiger partial charge in [-0.25, -0.2) is 4.39 Å². The molecule has 28 heavy (non-hydrogen) atoms. The van der Waals surface area contributed by atoms with Crippen molar-refractivity contribution >= 4 is 21.9 Å². The monoisotopic (exact) mass is 386 g/mol. The minimum Gasteiger partial charge on any atom is -0.491 e. The van der Waals surface area contributed by atoms with Crippen LogP contribution in [0.5, 0.6) is 5.75 Å². The summed E-state index contributed by atoms with van der Waals surface area (Å²) >= 11 is 0. The van der Waals surface area contributed by atoms with E-state index in [1.165, 1.54) is 32.1 Å². The summed E-state index contributed by atoms with van der Waals surface area (Å²) < 4.78 is 40.7. The number of aryl methyl sites for hydroxylation is 1. The van der Waals surface area contributed by atoms with Gasteiger partial charge < -0.3 is 9.15 Å². The Labute approximate surface area is 164 Å². The van der Waals surface area contributed by atoms with Crippen LogP contribution in [-0.2, 0) is 6.42 Å². The van der Waals surface area contributed by atoms with E-state index in [0.717, 1.165) is 12.3 Å². The maximum absolute atomic E-state index is 15.1. The molecule has 0 spiro atoms. The molecule has 0 saturated heterocycles. The predicted octanol–water partition coefficient (Wildman–Crippen LogP) is 7.41. The molecule has 1 aliphatic carbocycles. The van der Waals surface area contributed by atoms with Gasteiger partial charge in [0.1, 0.15) is 0 Å². The topological polar surface area (TPSA) is 22.4 Å². The zero-order valence-corrected chi connectivity index (χ0v) is 16.7. The van der Waals surface area contributed by atoms with Gasteiger partial charge in [0.25, 0.3) is 0 Å². The maximum atomic E-state index is 15.1. The van der Waals surface area contributed by atoms with Gasteiger partial charge in [-0.2, -0.15) is 4.39 Å². The second-order valence-electron chi connectivity index (χ2n) is 8.08. The molecule has 2 unspecified atom stereocenters. The number of fused-ring (bicyclic) bond motifs is 3. The molecule has 3 aromatic rings. The number of hydrogen-bond acceptors (Lipinski definition) is 2. The van der Waals surface area contributed by atoms with Crippen LogP contribution in [0.25, 0.3) is 21.9 Å². The molecule has 2 aromatic carbocycles. The fraction of sp³-hybridized carbons (Fsp3) is 0.500. The average molecular weight is 386 g/mol. The van der Waals surface area contributed by atoms with Crippen molar-refractivity contribution < 1.29 is 17.9 Å². The molecule has 0 N–H and O–H groups in total. The molecule has 0 radical (unpaired) electrons. The van der Waals surface area contributed by atoms with Crippen LogP contribution in [0.1, 0.15) is 57.9 Å². The first-order valence-electron chi connectivity index (χ1n) is 10.6. The Hall–Kier alpha value is -2.10. The van der Waals surface area contributed by atoms with Crippen LogP contribution in [0.4, 0.5) is 8.78 Å². The fourth-order valence-electron chi connectivity index (χ4n) is 4.79. The predicted molar refractivity (Wildman–Crippen MR) is 109 cm³/mol. The second-order valence-corrected chi connectivity index (χ2v) is 8.08. The van der Waals surface area contributed by atoms with E-state index < -0.39 is 5.82 Å².